The molecule has 0 bridgehead atoms. The van der Waals surface area contributed by atoms with Gasteiger partial charge in [0.1, 0.15) is 11.7 Å². The average molecular weight is 235 g/mol. The number of rotatable bonds is 2. The Kier molecular flexibility index (Phi) is 2.48. The normalized spacial score (nSPS) is 21.4. The minimum Gasteiger partial charge on any atom is -0.353 e. The van der Waals surface area contributed by atoms with E-state index in [0.29, 0.717) is 25.0 Å². The molecular weight excluding hydrogens is 221 g/mol. The van der Waals surface area contributed by atoms with E-state index in [0.717, 1.165) is 17.6 Å². The van der Waals surface area contributed by atoms with Gasteiger partial charge in [0.25, 0.3) is 5.56 Å². The fourth-order valence-electron chi connectivity index (χ4n) is 2.38. The summed E-state index contributed by atoms with van der Waals surface area (Å²) in [7, 11) is 0. The minimum atomic E-state index is -0.706. The number of hydrogen-bond acceptors (Lipinski definition) is 2. The van der Waals surface area contributed by atoms with Gasteiger partial charge in [-0.25, -0.2) is 4.39 Å². The van der Waals surface area contributed by atoms with Crippen molar-refractivity contribution >= 4 is 10.9 Å². The Bertz CT molecular complexity index is 589. The molecule has 0 spiro atoms. The second-order valence-electron chi connectivity index (χ2n) is 4.55. The summed E-state index contributed by atoms with van der Waals surface area (Å²) >= 11 is 0. The molecule has 0 saturated carbocycles. The van der Waals surface area contributed by atoms with Gasteiger partial charge in [0.15, 0.2) is 0 Å². The maximum atomic E-state index is 13.0. The first-order valence-corrected chi connectivity index (χ1v) is 5.78. The molecule has 3 heterocycles. The van der Waals surface area contributed by atoms with Crippen molar-refractivity contribution in [3.05, 3.63) is 34.4 Å². The van der Waals surface area contributed by atoms with Crippen molar-refractivity contribution in [2.24, 2.45) is 0 Å². The number of hydrogen-bond donors (Lipinski definition) is 2. The molecule has 0 aliphatic carbocycles. The molecule has 17 heavy (non-hydrogen) atoms. The van der Waals surface area contributed by atoms with Gasteiger partial charge in [-0.15, -0.1) is 0 Å². The fraction of sp³-hybridized carbons (Fsp3) is 0.417. The van der Waals surface area contributed by atoms with Crippen molar-refractivity contribution in [2.75, 3.05) is 13.1 Å². The smallest absolute Gasteiger partial charge is 0.272 e. The molecule has 1 saturated heterocycles. The highest BCUT2D eigenvalue weighted by Gasteiger charge is 2.22. The molecule has 1 aliphatic rings. The number of aromatic amines is 2. The minimum absolute atomic E-state index is 0.112. The average Bonchev–Trinajstić information content (AvgIpc) is 2.86. The van der Waals surface area contributed by atoms with Crippen LogP contribution in [0.25, 0.3) is 10.9 Å². The van der Waals surface area contributed by atoms with E-state index in [1.807, 2.05) is 12.1 Å². The lowest BCUT2D eigenvalue weighted by Crippen LogP contribution is -2.20. The molecule has 1 fully saturated rings. The van der Waals surface area contributed by atoms with Crippen molar-refractivity contribution in [1.29, 1.82) is 0 Å². The summed E-state index contributed by atoms with van der Waals surface area (Å²) in [6.07, 6.45) is 1.54. The molecule has 5 heteroatoms. The number of nitrogens with zero attached hydrogens (tertiary/aromatic N) is 1. The van der Waals surface area contributed by atoms with E-state index < -0.39 is 6.17 Å². The summed E-state index contributed by atoms with van der Waals surface area (Å²) in [6, 6.07) is 3.81. The second-order valence-corrected chi connectivity index (χ2v) is 4.55. The first-order chi connectivity index (χ1) is 8.22. The summed E-state index contributed by atoms with van der Waals surface area (Å²) in [5.74, 6) is 0. The van der Waals surface area contributed by atoms with Crippen LogP contribution in [-0.4, -0.2) is 34.1 Å². The molecule has 3 rings (SSSR count). The van der Waals surface area contributed by atoms with Gasteiger partial charge in [-0.05, 0) is 18.6 Å². The SMILES string of the molecule is O=c1[nH]ccc2cc(CN3CC[C@H](F)C3)[nH]c12. The third kappa shape index (κ3) is 1.98. The van der Waals surface area contributed by atoms with Crippen LogP contribution in [0, 0.1) is 0 Å². The lowest BCUT2D eigenvalue weighted by atomic mass is 10.3. The number of likely N-dealkylation sites (tertiary alicyclic amines) is 1. The molecule has 1 aliphatic heterocycles. The number of alkyl halides is 1. The van der Waals surface area contributed by atoms with Gasteiger partial charge >= 0.3 is 0 Å². The first-order valence-electron chi connectivity index (χ1n) is 5.78. The Hall–Kier alpha value is -1.62. The molecule has 0 unspecified atom stereocenters. The second kappa shape index (κ2) is 4.00. The predicted molar refractivity (Wildman–Crippen MR) is 63.7 cm³/mol. The Morgan fingerprint density at radius 3 is 3.12 bits per heavy atom. The van der Waals surface area contributed by atoms with E-state index in [2.05, 4.69) is 14.9 Å². The monoisotopic (exact) mass is 235 g/mol. The van der Waals surface area contributed by atoms with E-state index in [4.69, 9.17) is 0 Å². The number of aromatic nitrogens is 2. The van der Waals surface area contributed by atoms with E-state index in [9.17, 15) is 9.18 Å². The fourth-order valence-corrected chi connectivity index (χ4v) is 2.38. The van der Waals surface area contributed by atoms with Crippen molar-refractivity contribution < 1.29 is 4.39 Å². The van der Waals surface area contributed by atoms with Crippen LogP contribution < -0.4 is 5.56 Å². The molecule has 1 atom stereocenters. The Morgan fingerprint density at radius 1 is 1.53 bits per heavy atom. The maximum Gasteiger partial charge on any atom is 0.272 e. The number of fused-ring (bicyclic) bond motifs is 1. The molecule has 4 nitrogen and oxygen atoms in total. The quantitative estimate of drug-likeness (QED) is 0.826. The van der Waals surface area contributed by atoms with Crippen LogP contribution in [0.15, 0.2) is 23.1 Å². The number of pyridine rings is 1. The molecule has 2 aromatic rings. The van der Waals surface area contributed by atoms with Crippen LogP contribution in [-0.2, 0) is 6.54 Å². The van der Waals surface area contributed by atoms with E-state index in [1.165, 1.54) is 0 Å². The summed E-state index contributed by atoms with van der Waals surface area (Å²) < 4.78 is 13.0. The van der Waals surface area contributed by atoms with Crippen molar-refractivity contribution in [1.82, 2.24) is 14.9 Å². The maximum absolute atomic E-state index is 13.0. The largest absolute Gasteiger partial charge is 0.353 e. The van der Waals surface area contributed by atoms with Gasteiger partial charge < -0.3 is 9.97 Å². The third-order valence-electron chi connectivity index (χ3n) is 3.22. The number of H-pyrrole nitrogens is 2. The zero-order valence-electron chi connectivity index (χ0n) is 9.37. The van der Waals surface area contributed by atoms with Crippen LogP contribution in [0.3, 0.4) is 0 Å². The van der Waals surface area contributed by atoms with E-state index in [1.54, 1.807) is 6.20 Å². The molecule has 0 radical (unpaired) electrons. The Morgan fingerprint density at radius 2 is 2.41 bits per heavy atom. The zero-order chi connectivity index (χ0) is 11.8. The van der Waals surface area contributed by atoms with Gasteiger partial charge in [-0.3, -0.25) is 9.69 Å². The van der Waals surface area contributed by atoms with Gasteiger partial charge in [-0.1, -0.05) is 0 Å². The number of halogens is 1. The van der Waals surface area contributed by atoms with Crippen molar-refractivity contribution in [3.63, 3.8) is 0 Å². The lowest BCUT2D eigenvalue weighted by molar-refractivity contribution is 0.280. The summed E-state index contributed by atoms with van der Waals surface area (Å²) in [4.78, 5) is 19.3. The van der Waals surface area contributed by atoms with Crippen molar-refractivity contribution in [2.45, 2.75) is 19.1 Å². The van der Waals surface area contributed by atoms with Crippen molar-refractivity contribution in [3.8, 4) is 0 Å². The van der Waals surface area contributed by atoms with Crippen LogP contribution in [0.1, 0.15) is 12.1 Å². The van der Waals surface area contributed by atoms with Crippen LogP contribution in [0.5, 0.6) is 0 Å². The zero-order valence-corrected chi connectivity index (χ0v) is 9.37. The van der Waals surface area contributed by atoms with Gasteiger partial charge in [0, 0.05) is 36.9 Å². The number of nitrogens with one attached hydrogen (secondary N) is 2. The molecule has 0 amide bonds. The Balaban J connectivity index is 1.86. The molecule has 0 aromatic carbocycles. The topological polar surface area (TPSA) is 51.9 Å². The third-order valence-corrected chi connectivity index (χ3v) is 3.22. The standard InChI is InChI=1S/C12H14FN3O/c13-9-2-4-16(6-9)7-10-5-8-1-3-14-12(17)11(8)15-10/h1,3,5,9,15H,2,4,6-7H2,(H,14,17)/t9-/m0/s1. The molecule has 2 N–H and O–H groups in total. The predicted octanol–water partition coefficient (Wildman–Crippen LogP) is 1.40. The lowest BCUT2D eigenvalue weighted by Gasteiger charge is -2.12. The van der Waals surface area contributed by atoms with Crippen LogP contribution in [0.4, 0.5) is 4.39 Å². The van der Waals surface area contributed by atoms with Gasteiger partial charge in [0.2, 0.25) is 0 Å². The van der Waals surface area contributed by atoms with Crippen LogP contribution in [0.2, 0.25) is 0 Å². The van der Waals surface area contributed by atoms with E-state index in [-0.39, 0.29) is 5.56 Å². The van der Waals surface area contributed by atoms with Gasteiger partial charge in [0.05, 0.1) is 0 Å². The van der Waals surface area contributed by atoms with Crippen LogP contribution >= 0.6 is 0 Å². The summed E-state index contributed by atoms with van der Waals surface area (Å²) in [5, 5.41) is 0.903. The highest BCUT2D eigenvalue weighted by atomic mass is 19.1. The molecule has 90 valence electrons. The summed E-state index contributed by atoms with van der Waals surface area (Å²) in [6.45, 7) is 1.95. The Labute approximate surface area is 97.4 Å². The highest BCUT2D eigenvalue weighted by Crippen LogP contribution is 2.17. The highest BCUT2D eigenvalue weighted by molar-refractivity contribution is 5.78. The van der Waals surface area contributed by atoms with Gasteiger partial charge in [-0.2, -0.15) is 0 Å². The molecule has 2 aromatic heterocycles. The first kappa shape index (κ1) is 10.5. The molecular formula is C12H14FN3O. The summed E-state index contributed by atoms with van der Waals surface area (Å²) in [5.41, 5.74) is 1.45. The van der Waals surface area contributed by atoms with E-state index >= 15 is 0 Å².